The molecule has 0 bridgehead atoms. The zero-order chi connectivity index (χ0) is 13.7. The lowest BCUT2D eigenvalue weighted by atomic mass is 10.3. The second-order valence-corrected chi connectivity index (χ2v) is 5.10. The van der Waals surface area contributed by atoms with E-state index in [4.69, 9.17) is 27.0 Å². The van der Waals surface area contributed by atoms with E-state index in [1.165, 1.54) is 0 Å². The van der Waals surface area contributed by atoms with Gasteiger partial charge in [0.2, 0.25) is 0 Å². The van der Waals surface area contributed by atoms with Crippen LogP contribution in [0.4, 0.5) is 10.5 Å². The molecule has 0 unspecified atom stereocenters. The van der Waals surface area contributed by atoms with E-state index in [2.05, 4.69) is 5.32 Å². The summed E-state index contributed by atoms with van der Waals surface area (Å²) in [6.45, 7) is 0. The Morgan fingerprint density at radius 2 is 1.68 bits per heavy atom. The summed E-state index contributed by atoms with van der Waals surface area (Å²) in [5.74, 6) is 0.426. The van der Waals surface area contributed by atoms with Crippen LogP contribution < -0.4 is 10.1 Å². The van der Waals surface area contributed by atoms with Crippen molar-refractivity contribution in [1.82, 2.24) is 0 Å². The molecule has 0 saturated carbocycles. The van der Waals surface area contributed by atoms with Gasteiger partial charge in [-0.2, -0.15) is 0 Å². The highest BCUT2D eigenvalue weighted by Crippen LogP contribution is 2.23. The molecule has 98 valence electrons. The van der Waals surface area contributed by atoms with Crippen molar-refractivity contribution in [1.29, 1.82) is 0 Å². The van der Waals surface area contributed by atoms with Crippen molar-refractivity contribution in [3.05, 3.63) is 53.6 Å². The third-order valence-corrected chi connectivity index (χ3v) is 3.45. The molecule has 19 heavy (non-hydrogen) atoms. The van der Waals surface area contributed by atoms with Crippen molar-refractivity contribution in [2.45, 2.75) is 4.90 Å². The van der Waals surface area contributed by atoms with Gasteiger partial charge in [-0.1, -0.05) is 11.6 Å². The molecule has 0 aliphatic heterocycles. The number of amides is 1. The number of nitrogens with one attached hydrogen (secondary N) is 1. The van der Waals surface area contributed by atoms with Gasteiger partial charge in [0.25, 0.3) is 0 Å². The van der Waals surface area contributed by atoms with E-state index in [0.717, 1.165) is 15.9 Å². The smallest absolute Gasteiger partial charge is 0.410 e. The highest BCUT2D eigenvalue weighted by atomic mass is 35.7. The summed E-state index contributed by atoms with van der Waals surface area (Å²) in [6.07, 6.45) is -0.561. The van der Waals surface area contributed by atoms with E-state index in [0.29, 0.717) is 16.5 Å². The molecule has 0 aliphatic rings. The third kappa shape index (κ3) is 4.35. The average Bonchev–Trinajstić information content (AvgIpc) is 2.42. The van der Waals surface area contributed by atoms with E-state index in [1.54, 1.807) is 48.5 Å². The van der Waals surface area contributed by atoms with Gasteiger partial charge >= 0.3 is 6.09 Å². The maximum absolute atomic E-state index is 11.6. The Hall–Kier alpha value is -1.36. The highest BCUT2D eigenvalue weighted by Gasteiger charge is 2.05. The molecule has 0 radical (unpaired) electrons. The van der Waals surface area contributed by atoms with Gasteiger partial charge in [0.05, 0.1) is 0 Å². The maximum atomic E-state index is 11.6. The molecular weight excluding hydrogens is 305 g/mol. The second-order valence-electron chi connectivity index (χ2n) is 3.57. The minimum absolute atomic E-state index is 0.426. The van der Waals surface area contributed by atoms with Crippen LogP contribution in [0.2, 0.25) is 5.02 Å². The predicted octanol–water partition coefficient (Wildman–Crippen LogP) is 5.20. The molecule has 2 aromatic carbocycles. The molecule has 0 aliphatic carbocycles. The normalized spacial score (nSPS) is 10.0. The summed E-state index contributed by atoms with van der Waals surface area (Å²) < 4.78 is 5.09. The van der Waals surface area contributed by atoms with Crippen LogP contribution in [-0.2, 0) is 0 Å². The second kappa shape index (κ2) is 6.70. The minimum Gasteiger partial charge on any atom is -0.410 e. The van der Waals surface area contributed by atoms with Crippen molar-refractivity contribution in [3.8, 4) is 5.75 Å². The van der Waals surface area contributed by atoms with Gasteiger partial charge in [-0.25, -0.2) is 4.79 Å². The van der Waals surface area contributed by atoms with E-state index in [1.807, 2.05) is 0 Å². The number of anilines is 1. The van der Waals surface area contributed by atoms with Crippen molar-refractivity contribution in [2.24, 2.45) is 0 Å². The van der Waals surface area contributed by atoms with Crippen LogP contribution in [0.25, 0.3) is 0 Å². The molecule has 2 aromatic rings. The standard InChI is InChI=1S/C13H9Cl2NO2S/c14-9-1-5-11(6-2-9)18-13(17)16-10-3-7-12(19-15)8-4-10/h1-8H,(H,16,17). The third-order valence-electron chi connectivity index (χ3n) is 2.21. The van der Waals surface area contributed by atoms with Crippen molar-refractivity contribution in [2.75, 3.05) is 5.32 Å². The van der Waals surface area contributed by atoms with E-state index < -0.39 is 6.09 Å². The van der Waals surface area contributed by atoms with Crippen LogP contribution in [0.1, 0.15) is 0 Å². The fraction of sp³-hybridized carbons (Fsp3) is 0. The first-order chi connectivity index (χ1) is 9.17. The quantitative estimate of drug-likeness (QED) is 0.846. The van der Waals surface area contributed by atoms with Crippen LogP contribution in [0.5, 0.6) is 5.75 Å². The minimum atomic E-state index is -0.561. The van der Waals surface area contributed by atoms with Crippen molar-refractivity contribution in [3.63, 3.8) is 0 Å². The molecule has 1 amide bonds. The van der Waals surface area contributed by atoms with Gasteiger partial charge in [-0.15, -0.1) is 0 Å². The Morgan fingerprint density at radius 3 is 2.26 bits per heavy atom. The van der Waals surface area contributed by atoms with Crippen LogP contribution in [0.15, 0.2) is 53.4 Å². The molecule has 3 nitrogen and oxygen atoms in total. The van der Waals surface area contributed by atoms with Gasteiger partial charge in [0, 0.05) is 15.6 Å². The van der Waals surface area contributed by atoms with Gasteiger partial charge in [0.15, 0.2) is 0 Å². The Kier molecular flexibility index (Phi) is 4.96. The number of benzene rings is 2. The summed E-state index contributed by atoms with van der Waals surface area (Å²) in [7, 11) is 6.72. The monoisotopic (exact) mass is 313 g/mol. The largest absolute Gasteiger partial charge is 0.417 e. The summed E-state index contributed by atoms with van der Waals surface area (Å²) in [4.78, 5) is 12.5. The van der Waals surface area contributed by atoms with Crippen LogP contribution in [0.3, 0.4) is 0 Å². The fourth-order valence-electron chi connectivity index (χ4n) is 1.34. The molecular formula is C13H9Cl2NO2S. The van der Waals surface area contributed by atoms with Crippen molar-refractivity contribution < 1.29 is 9.53 Å². The van der Waals surface area contributed by atoms with Gasteiger partial charge in [-0.05, 0) is 70.2 Å². The predicted molar refractivity (Wildman–Crippen MR) is 79.3 cm³/mol. The van der Waals surface area contributed by atoms with Crippen molar-refractivity contribution >= 4 is 45.0 Å². The number of carbonyl (C=O) groups excluding carboxylic acids is 1. The number of hydrogen-bond donors (Lipinski definition) is 1. The molecule has 2 rings (SSSR count). The van der Waals surface area contributed by atoms with E-state index in [9.17, 15) is 4.79 Å². The molecule has 1 N–H and O–H groups in total. The summed E-state index contributed by atoms with van der Waals surface area (Å²) >= 11 is 5.74. The van der Waals surface area contributed by atoms with E-state index >= 15 is 0 Å². The highest BCUT2D eigenvalue weighted by molar-refractivity contribution is 8.21. The average molecular weight is 314 g/mol. The van der Waals surface area contributed by atoms with Gasteiger partial charge in [0.1, 0.15) is 5.75 Å². The molecule has 0 aromatic heterocycles. The fourth-order valence-corrected chi connectivity index (χ4v) is 2.02. The summed E-state index contributed by atoms with van der Waals surface area (Å²) in [6, 6.07) is 13.6. The lowest BCUT2D eigenvalue weighted by Crippen LogP contribution is -2.16. The Labute approximate surface area is 124 Å². The Balaban J connectivity index is 1.95. The molecule has 0 atom stereocenters. The number of carbonyl (C=O) groups is 1. The van der Waals surface area contributed by atoms with Gasteiger partial charge in [-0.3, -0.25) is 5.32 Å². The first-order valence-corrected chi connectivity index (χ1v) is 7.32. The number of halogens is 2. The maximum Gasteiger partial charge on any atom is 0.417 e. The molecule has 6 heteroatoms. The SMILES string of the molecule is O=C(Nc1ccc(SCl)cc1)Oc1ccc(Cl)cc1. The number of hydrogen-bond acceptors (Lipinski definition) is 3. The topological polar surface area (TPSA) is 38.3 Å². The zero-order valence-corrected chi connectivity index (χ0v) is 11.9. The number of rotatable bonds is 3. The lowest BCUT2D eigenvalue weighted by Gasteiger charge is -2.06. The first kappa shape index (κ1) is 14.1. The lowest BCUT2D eigenvalue weighted by molar-refractivity contribution is 0.215. The van der Waals surface area contributed by atoms with Crippen LogP contribution in [0, 0.1) is 0 Å². The van der Waals surface area contributed by atoms with E-state index in [-0.39, 0.29) is 0 Å². The molecule has 0 fully saturated rings. The Morgan fingerprint density at radius 1 is 1.05 bits per heavy atom. The van der Waals surface area contributed by atoms with Crippen LogP contribution >= 0.6 is 33.3 Å². The molecule has 0 heterocycles. The van der Waals surface area contributed by atoms with Crippen LogP contribution in [-0.4, -0.2) is 6.09 Å². The summed E-state index contributed by atoms with van der Waals surface area (Å²) in [5, 5.41) is 3.19. The first-order valence-electron chi connectivity index (χ1n) is 5.30. The van der Waals surface area contributed by atoms with Gasteiger partial charge < -0.3 is 4.74 Å². The Bertz CT molecular complexity index is 558. The number of ether oxygens (including phenoxy) is 1. The molecule has 0 spiro atoms. The molecule has 0 saturated heterocycles. The summed E-state index contributed by atoms with van der Waals surface area (Å²) in [5.41, 5.74) is 0.633. The zero-order valence-electron chi connectivity index (χ0n) is 9.60.